The number of nitrogens with zero attached hydrogens (tertiary/aromatic N) is 7. The van der Waals surface area contributed by atoms with Crippen molar-refractivity contribution in [2.45, 2.75) is 0 Å². The van der Waals surface area contributed by atoms with E-state index in [0.29, 0.717) is 57.2 Å². The molecule has 3 aromatic heterocycles. The number of fused-ring (bicyclic) bond motifs is 3. The highest BCUT2D eigenvalue weighted by Gasteiger charge is 2.19. The summed E-state index contributed by atoms with van der Waals surface area (Å²) in [4.78, 5) is 29.4. The van der Waals surface area contributed by atoms with Crippen molar-refractivity contribution in [3.05, 3.63) is 181 Å². The molecule has 10 aromatic rings. The third kappa shape index (κ3) is 6.45. The van der Waals surface area contributed by atoms with E-state index < -0.39 is 0 Å². The minimum Gasteiger partial charge on any atom is -0.455 e. The lowest BCUT2D eigenvalue weighted by atomic mass is 9.97. The summed E-state index contributed by atoms with van der Waals surface area (Å²) in [5, 5.41) is 12.1. The maximum absolute atomic E-state index is 10.3. The minimum atomic E-state index is 0.463. The van der Waals surface area contributed by atoms with E-state index in [9.17, 15) is 5.26 Å². The van der Waals surface area contributed by atoms with Gasteiger partial charge in [0.15, 0.2) is 34.9 Å². The highest BCUT2D eigenvalue weighted by molar-refractivity contribution is 6.10. The van der Waals surface area contributed by atoms with E-state index in [4.69, 9.17) is 34.3 Å². The number of furan rings is 1. The zero-order valence-corrected chi connectivity index (χ0v) is 30.3. The van der Waals surface area contributed by atoms with E-state index in [0.717, 1.165) is 49.7 Å². The Kier molecular flexibility index (Phi) is 8.36. The molecule has 266 valence electrons. The van der Waals surface area contributed by atoms with Gasteiger partial charge in [-0.1, -0.05) is 146 Å². The molecule has 0 aliphatic carbocycles. The monoisotopic (exact) mass is 731 g/mol. The minimum absolute atomic E-state index is 0.463. The highest BCUT2D eigenvalue weighted by atomic mass is 16.3. The standard InChI is InChI=1S/C49H29N7O/c50-30-31-26-37(28-38(27-31)49-55-46(34-18-9-3-10-19-34)52-47(56-49)35-20-11-4-12-21-35)39-22-13-23-41-40-25-24-36(29-42(40)57-43(39)41)48-53-44(32-14-5-1-6-15-32)51-45(54-48)33-16-7-2-8-17-33/h1-29H. The number of nitriles is 1. The van der Waals surface area contributed by atoms with E-state index in [-0.39, 0.29) is 0 Å². The van der Waals surface area contributed by atoms with E-state index in [1.165, 1.54) is 0 Å². The second-order valence-electron chi connectivity index (χ2n) is 13.5. The molecule has 57 heavy (non-hydrogen) atoms. The van der Waals surface area contributed by atoms with Crippen LogP contribution in [0.4, 0.5) is 0 Å². The van der Waals surface area contributed by atoms with Gasteiger partial charge in [-0.25, -0.2) is 29.9 Å². The predicted molar refractivity (Wildman–Crippen MR) is 223 cm³/mol. The van der Waals surface area contributed by atoms with Gasteiger partial charge in [-0.05, 0) is 35.9 Å². The van der Waals surface area contributed by atoms with Crippen molar-refractivity contribution in [1.82, 2.24) is 29.9 Å². The van der Waals surface area contributed by atoms with Crippen LogP contribution >= 0.6 is 0 Å². The number of benzene rings is 7. The van der Waals surface area contributed by atoms with Crippen molar-refractivity contribution >= 4 is 21.9 Å². The molecular formula is C49H29N7O. The fraction of sp³-hybridized carbons (Fsp3) is 0. The van der Waals surface area contributed by atoms with Gasteiger partial charge >= 0.3 is 0 Å². The lowest BCUT2D eigenvalue weighted by molar-refractivity contribution is 0.670. The molecule has 0 saturated carbocycles. The average Bonchev–Trinajstić information content (AvgIpc) is 3.68. The molecule has 0 unspecified atom stereocenters. The van der Waals surface area contributed by atoms with Crippen molar-refractivity contribution in [2.75, 3.05) is 0 Å². The van der Waals surface area contributed by atoms with Crippen LogP contribution < -0.4 is 0 Å². The molecule has 0 aliphatic rings. The maximum atomic E-state index is 10.3. The van der Waals surface area contributed by atoms with E-state index in [1.54, 1.807) is 0 Å². The Labute approximate surface area is 327 Å². The summed E-state index contributed by atoms with van der Waals surface area (Å²) in [7, 11) is 0. The topological polar surface area (TPSA) is 114 Å². The lowest BCUT2D eigenvalue weighted by Crippen LogP contribution is -2.00. The lowest BCUT2D eigenvalue weighted by Gasteiger charge is -2.10. The summed E-state index contributed by atoms with van der Waals surface area (Å²) in [5.74, 6) is 3.27. The second-order valence-corrected chi connectivity index (χ2v) is 13.5. The molecule has 8 heteroatoms. The fourth-order valence-electron chi connectivity index (χ4n) is 7.02. The van der Waals surface area contributed by atoms with Crippen LogP contribution in [0.25, 0.3) is 101 Å². The van der Waals surface area contributed by atoms with Crippen LogP contribution in [0, 0.1) is 11.3 Å². The zero-order chi connectivity index (χ0) is 38.1. The average molecular weight is 732 g/mol. The number of aromatic nitrogens is 6. The summed E-state index contributed by atoms with van der Waals surface area (Å²) in [6, 6.07) is 59.7. The van der Waals surface area contributed by atoms with Gasteiger partial charge in [0.25, 0.3) is 0 Å². The first-order chi connectivity index (χ1) is 28.2. The second kappa shape index (κ2) is 14.3. The molecule has 0 N–H and O–H groups in total. The Hall–Kier alpha value is -8.15. The first-order valence-electron chi connectivity index (χ1n) is 18.4. The molecule has 0 fully saturated rings. The Morgan fingerprint density at radius 2 is 0.789 bits per heavy atom. The Morgan fingerprint density at radius 3 is 1.26 bits per heavy atom. The fourth-order valence-corrected chi connectivity index (χ4v) is 7.02. The van der Waals surface area contributed by atoms with Crippen LogP contribution in [0.2, 0.25) is 0 Å². The summed E-state index contributed by atoms with van der Waals surface area (Å²) < 4.78 is 6.71. The number of hydrogen-bond donors (Lipinski definition) is 0. The molecule has 10 rings (SSSR count). The van der Waals surface area contributed by atoms with Crippen molar-refractivity contribution in [2.24, 2.45) is 0 Å². The molecule has 0 aliphatic heterocycles. The molecule has 0 spiro atoms. The summed E-state index contributed by atoms with van der Waals surface area (Å²) in [6.07, 6.45) is 0. The van der Waals surface area contributed by atoms with Gasteiger partial charge < -0.3 is 4.42 Å². The van der Waals surface area contributed by atoms with E-state index >= 15 is 0 Å². The Balaban J connectivity index is 1.10. The number of para-hydroxylation sites is 1. The van der Waals surface area contributed by atoms with E-state index in [2.05, 4.69) is 6.07 Å². The van der Waals surface area contributed by atoms with Crippen molar-refractivity contribution < 1.29 is 4.42 Å². The molecule has 0 amide bonds. The van der Waals surface area contributed by atoms with Crippen LogP contribution in [-0.2, 0) is 0 Å². The quantitative estimate of drug-likeness (QED) is 0.159. The van der Waals surface area contributed by atoms with Gasteiger partial charge in [0.1, 0.15) is 11.2 Å². The largest absolute Gasteiger partial charge is 0.455 e. The first-order valence-corrected chi connectivity index (χ1v) is 18.4. The third-order valence-electron chi connectivity index (χ3n) is 9.79. The van der Waals surface area contributed by atoms with Crippen LogP contribution in [0.1, 0.15) is 5.56 Å². The van der Waals surface area contributed by atoms with Gasteiger partial charge in [0, 0.05) is 49.7 Å². The van der Waals surface area contributed by atoms with Crippen LogP contribution in [-0.4, -0.2) is 29.9 Å². The van der Waals surface area contributed by atoms with Crippen LogP contribution in [0.5, 0.6) is 0 Å². The van der Waals surface area contributed by atoms with Gasteiger partial charge in [-0.15, -0.1) is 0 Å². The van der Waals surface area contributed by atoms with Crippen LogP contribution in [0.3, 0.4) is 0 Å². The SMILES string of the molecule is N#Cc1cc(-c2nc(-c3ccccc3)nc(-c3ccccc3)n2)cc(-c2cccc3c2oc2cc(-c4nc(-c5ccccc5)nc(-c5ccccc5)n4)ccc23)c1. The molecule has 3 heterocycles. The molecule has 8 nitrogen and oxygen atoms in total. The van der Waals surface area contributed by atoms with Gasteiger partial charge in [0.05, 0.1) is 11.6 Å². The molecule has 7 aromatic carbocycles. The smallest absolute Gasteiger partial charge is 0.164 e. The summed E-state index contributed by atoms with van der Waals surface area (Å²) in [6.45, 7) is 0. The van der Waals surface area contributed by atoms with Crippen LogP contribution in [0.15, 0.2) is 180 Å². The van der Waals surface area contributed by atoms with Gasteiger partial charge in [0.2, 0.25) is 0 Å². The predicted octanol–water partition coefficient (Wildman–Crippen LogP) is 11.5. The normalized spacial score (nSPS) is 11.1. The molecule has 0 radical (unpaired) electrons. The molecule has 0 bridgehead atoms. The highest BCUT2D eigenvalue weighted by Crippen LogP contribution is 2.39. The van der Waals surface area contributed by atoms with Gasteiger partial charge in [-0.3, -0.25) is 0 Å². The number of hydrogen-bond acceptors (Lipinski definition) is 8. The van der Waals surface area contributed by atoms with E-state index in [1.807, 2.05) is 176 Å². The maximum Gasteiger partial charge on any atom is 0.164 e. The van der Waals surface area contributed by atoms with Gasteiger partial charge in [-0.2, -0.15) is 5.26 Å². The Bertz CT molecular complexity index is 3010. The summed E-state index contributed by atoms with van der Waals surface area (Å²) >= 11 is 0. The van der Waals surface area contributed by atoms with Crippen molar-refractivity contribution in [1.29, 1.82) is 5.26 Å². The molecule has 0 atom stereocenters. The molecule has 0 saturated heterocycles. The zero-order valence-electron chi connectivity index (χ0n) is 30.3. The van der Waals surface area contributed by atoms with Crippen molar-refractivity contribution in [3.63, 3.8) is 0 Å². The third-order valence-corrected chi connectivity index (χ3v) is 9.79. The Morgan fingerprint density at radius 1 is 0.351 bits per heavy atom. The summed E-state index contributed by atoms with van der Waals surface area (Å²) in [5.41, 5.74) is 8.51. The van der Waals surface area contributed by atoms with Crippen molar-refractivity contribution in [3.8, 4) is 85.5 Å². The molecular weight excluding hydrogens is 703 g/mol. The first kappa shape index (κ1) is 33.4. The number of rotatable bonds is 7.